The second-order valence-corrected chi connectivity index (χ2v) is 7.06. The minimum atomic E-state index is 0. The van der Waals surface area contributed by atoms with E-state index in [0.717, 1.165) is 18.3 Å². The van der Waals surface area contributed by atoms with Crippen LogP contribution in [0.5, 0.6) is 0 Å². The van der Waals surface area contributed by atoms with Crippen molar-refractivity contribution in [3.05, 3.63) is 6.92 Å². The van der Waals surface area contributed by atoms with Crippen LogP contribution in [0.25, 0.3) is 0 Å². The first-order valence-electron chi connectivity index (χ1n) is 9.49. The van der Waals surface area contributed by atoms with E-state index in [4.69, 9.17) is 0 Å². The molecule has 0 saturated carbocycles. The third-order valence-corrected chi connectivity index (χ3v) is 4.55. The van der Waals surface area contributed by atoms with Crippen LogP contribution in [0.3, 0.4) is 0 Å². The van der Waals surface area contributed by atoms with Gasteiger partial charge >= 0.3 is 23.1 Å². The first-order valence-corrected chi connectivity index (χ1v) is 9.49. The van der Waals surface area contributed by atoms with Crippen LogP contribution in [0.1, 0.15) is 111 Å². The molecule has 0 spiro atoms. The molecule has 0 saturated heterocycles. The number of hydrogen-bond donors (Lipinski definition) is 0. The van der Waals surface area contributed by atoms with Gasteiger partial charge in [-0.25, -0.2) is 0 Å². The van der Waals surface area contributed by atoms with Crippen molar-refractivity contribution < 1.29 is 12.4 Å². The Kier molecular flexibility index (Phi) is 28.0. The van der Waals surface area contributed by atoms with E-state index in [0.29, 0.717) is 0 Å². The van der Waals surface area contributed by atoms with Gasteiger partial charge in [0.05, 0.1) is 0 Å². The second-order valence-electron chi connectivity index (χ2n) is 7.06. The summed E-state index contributed by atoms with van der Waals surface area (Å²) in [5.41, 5.74) is 0. The Hall–Kier alpha value is 1.06. The molecule has 0 aromatic heterocycles. The fourth-order valence-electron chi connectivity index (χ4n) is 3.25. The molecular formula is C20H41ClMg. The van der Waals surface area contributed by atoms with Gasteiger partial charge in [-0.2, -0.15) is 6.42 Å². The summed E-state index contributed by atoms with van der Waals surface area (Å²) >= 11 is 0. The van der Waals surface area contributed by atoms with Crippen molar-refractivity contribution in [1.82, 2.24) is 0 Å². The van der Waals surface area contributed by atoms with Crippen molar-refractivity contribution in [2.45, 2.75) is 111 Å². The van der Waals surface area contributed by atoms with E-state index in [-0.39, 0.29) is 35.5 Å². The molecule has 0 radical (unpaired) electrons. The number of unbranched alkanes of at least 4 members (excludes halogenated alkanes) is 9. The minimum Gasteiger partial charge on any atom is -1.00 e. The molecular weight excluding hydrogens is 300 g/mol. The third kappa shape index (κ3) is 21.1. The Bertz CT molecular complexity index is 185. The zero-order valence-electron chi connectivity index (χ0n) is 15.8. The average Bonchev–Trinajstić information content (AvgIpc) is 2.41. The largest absolute Gasteiger partial charge is 2.00 e. The van der Waals surface area contributed by atoms with Gasteiger partial charge in [0.15, 0.2) is 0 Å². The summed E-state index contributed by atoms with van der Waals surface area (Å²) in [7, 11) is 0. The molecule has 0 fully saturated rings. The van der Waals surface area contributed by atoms with Gasteiger partial charge in [-0.15, -0.1) is 0 Å². The van der Waals surface area contributed by atoms with Crippen LogP contribution in [0.2, 0.25) is 0 Å². The van der Waals surface area contributed by atoms with Crippen LogP contribution in [0.4, 0.5) is 0 Å². The molecule has 0 nitrogen and oxygen atoms in total. The summed E-state index contributed by atoms with van der Waals surface area (Å²) in [5.74, 6) is 1.80. The van der Waals surface area contributed by atoms with Crippen LogP contribution in [-0.2, 0) is 0 Å². The predicted molar refractivity (Wildman–Crippen MR) is 99.8 cm³/mol. The van der Waals surface area contributed by atoms with Crippen molar-refractivity contribution in [2.24, 2.45) is 11.8 Å². The fourth-order valence-corrected chi connectivity index (χ4v) is 3.25. The van der Waals surface area contributed by atoms with Crippen molar-refractivity contribution in [3.8, 4) is 0 Å². The number of hydrogen-bond acceptors (Lipinski definition) is 0. The van der Waals surface area contributed by atoms with Crippen LogP contribution >= 0.6 is 0 Å². The summed E-state index contributed by atoms with van der Waals surface area (Å²) in [6.07, 6.45) is 19.8. The van der Waals surface area contributed by atoms with Crippen LogP contribution in [0, 0.1) is 18.8 Å². The molecule has 0 amide bonds. The molecule has 0 N–H and O–H groups in total. The van der Waals surface area contributed by atoms with Crippen molar-refractivity contribution in [2.75, 3.05) is 0 Å². The number of halogens is 1. The fraction of sp³-hybridized carbons (Fsp3) is 0.950. The van der Waals surface area contributed by atoms with Crippen molar-refractivity contribution in [1.29, 1.82) is 0 Å². The first kappa shape index (κ1) is 27.9. The van der Waals surface area contributed by atoms with Gasteiger partial charge in [-0.3, -0.25) is 0 Å². The van der Waals surface area contributed by atoms with E-state index >= 15 is 0 Å². The maximum Gasteiger partial charge on any atom is 2.00 e. The van der Waals surface area contributed by atoms with Crippen molar-refractivity contribution in [3.63, 3.8) is 0 Å². The Morgan fingerprint density at radius 3 is 1.55 bits per heavy atom. The van der Waals surface area contributed by atoms with Crippen LogP contribution in [0.15, 0.2) is 0 Å². The Morgan fingerprint density at radius 2 is 1.09 bits per heavy atom. The topological polar surface area (TPSA) is 0 Å². The molecule has 2 heteroatoms. The second kappa shape index (κ2) is 22.1. The molecule has 0 heterocycles. The predicted octanol–water partition coefficient (Wildman–Crippen LogP) is 4.20. The van der Waals surface area contributed by atoms with E-state index in [1.807, 2.05) is 0 Å². The van der Waals surface area contributed by atoms with Crippen LogP contribution in [-0.4, -0.2) is 23.1 Å². The van der Waals surface area contributed by atoms with Gasteiger partial charge in [0.2, 0.25) is 0 Å². The molecule has 0 aliphatic heterocycles. The van der Waals surface area contributed by atoms with Gasteiger partial charge < -0.3 is 19.3 Å². The van der Waals surface area contributed by atoms with Gasteiger partial charge in [0.1, 0.15) is 0 Å². The summed E-state index contributed by atoms with van der Waals surface area (Å²) < 4.78 is 0. The SMILES string of the molecule is [CH2-]CCC(C)CC(C)CCCCCCCCCCCC.[Cl-].[Mg+2]. The molecule has 0 rings (SSSR count). The van der Waals surface area contributed by atoms with Crippen molar-refractivity contribution >= 4 is 23.1 Å². The molecule has 2 unspecified atom stereocenters. The van der Waals surface area contributed by atoms with Gasteiger partial charge in [-0.1, -0.05) is 97.8 Å². The Morgan fingerprint density at radius 1 is 0.682 bits per heavy atom. The standard InChI is InChI=1S/C20H41.ClH.Mg/c1-5-7-8-9-10-11-12-13-14-15-17-20(4)18-19(3)16-6-2;;/h19-20H,2,5-18H2,1,3-4H3;1H;/q-1;;+2/p-1. The molecule has 0 aromatic carbocycles. The third-order valence-electron chi connectivity index (χ3n) is 4.55. The Balaban J connectivity index is -0.00000180. The van der Waals surface area contributed by atoms with Gasteiger partial charge in [0, 0.05) is 0 Å². The van der Waals surface area contributed by atoms with Gasteiger partial charge in [0.25, 0.3) is 0 Å². The molecule has 0 aliphatic carbocycles. The monoisotopic (exact) mass is 340 g/mol. The van der Waals surface area contributed by atoms with E-state index in [9.17, 15) is 0 Å². The zero-order chi connectivity index (χ0) is 15.1. The molecule has 2 atom stereocenters. The number of rotatable bonds is 15. The summed E-state index contributed by atoms with van der Waals surface area (Å²) in [5, 5.41) is 0. The molecule has 22 heavy (non-hydrogen) atoms. The average molecular weight is 341 g/mol. The summed E-state index contributed by atoms with van der Waals surface area (Å²) in [4.78, 5) is 0. The minimum absolute atomic E-state index is 0. The van der Waals surface area contributed by atoms with E-state index < -0.39 is 0 Å². The normalized spacial score (nSPS) is 13.1. The summed E-state index contributed by atoms with van der Waals surface area (Å²) in [6, 6.07) is 0. The van der Waals surface area contributed by atoms with E-state index in [1.165, 1.54) is 83.5 Å². The van der Waals surface area contributed by atoms with Crippen LogP contribution < -0.4 is 12.4 Å². The maximum atomic E-state index is 3.96. The smallest absolute Gasteiger partial charge is 1.00 e. The molecule has 0 aromatic rings. The molecule has 130 valence electrons. The quantitative estimate of drug-likeness (QED) is 0.238. The molecule has 0 bridgehead atoms. The van der Waals surface area contributed by atoms with E-state index in [1.54, 1.807) is 0 Å². The first-order chi connectivity index (χ1) is 9.70. The Labute approximate surface area is 164 Å². The molecule has 0 aliphatic rings. The maximum absolute atomic E-state index is 3.96. The zero-order valence-corrected chi connectivity index (χ0v) is 18.0. The van der Waals surface area contributed by atoms with E-state index in [2.05, 4.69) is 27.7 Å². The summed E-state index contributed by atoms with van der Waals surface area (Å²) in [6.45, 7) is 11.1. The van der Waals surface area contributed by atoms with Gasteiger partial charge in [-0.05, 0) is 18.3 Å².